The van der Waals surface area contributed by atoms with Crippen LogP contribution in [0.25, 0.3) is 0 Å². The maximum absolute atomic E-state index is 14.3. The average Bonchev–Trinajstić information content (AvgIpc) is 3.34. The predicted octanol–water partition coefficient (Wildman–Crippen LogP) is 8.03. The number of ether oxygens (including phenoxy) is 1. The van der Waals surface area contributed by atoms with E-state index in [-0.39, 0.29) is 16.9 Å². The van der Waals surface area contributed by atoms with Crippen molar-refractivity contribution in [3.63, 3.8) is 0 Å². The van der Waals surface area contributed by atoms with Gasteiger partial charge in [-0.1, -0.05) is 0 Å². The Morgan fingerprint density at radius 3 is 1.58 bits per heavy atom. The summed E-state index contributed by atoms with van der Waals surface area (Å²) in [4.78, 5) is 28.0. The van der Waals surface area contributed by atoms with E-state index in [0.717, 1.165) is 26.9 Å². The van der Waals surface area contributed by atoms with Gasteiger partial charge in [-0.25, -0.2) is 0 Å². The number of carbonyl (C=O) groups excluding carboxylic acids is 2. The molecule has 0 bridgehead atoms. The number of benzene rings is 4. The molecule has 2 aliphatic rings. The minimum absolute atomic E-state index is 0.135. The summed E-state index contributed by atoms with van der Waals surface area (Å²) in [6, 6.07) is 31.0. The van der Waals surface area contributed by atoms with Crippen LogP contribution in [-0.2, 0) is 0 Å². The molecule has 0 spiro atoms. The number of hydrogen-bond donors (Lipinski definition) is 0. The normalized spacial score (nSPS) is 17.4. The second-order valence-electron chi connectivity index (χ2n) is 11.7. The molecule has 2 amide bonds. The third kappa shape index (κ3) is 5.48. The van der Waals surface area contributed by atoms with E-state index in [4.69, 9.17) is 0 Å². The average molecular weight is 722 g/mol. The Labute approximate surface area is 279 Å². The fraction of sp³-hybridized carbons (Fsp3) is 0.167. The molecule has 1 heterocycles. The molecule has 1 aliphatic heterocycles. The van der Waals surface area contributed by atoms with E-state index in [1.54, 1.807) is 12.2 Å². The van der Waals surface area contributed by atoms with Gasteiger partial charge in [0.15, 0.2) is 0 Å². The van der Waals surface area contributed by atoms with Crippen LogP contribution in [0.2, 0.25) is 0 Å². The van der Waals surface area contributed by atoms with Gasteiger partial charge in [-0.05, 0) is 0 Å². The van der Waals surface area contributed by atoms with Crippen LogP contribution in [0.3, 0.4) is 0 Å². The quantitative estimate of drug-likeness (QED) is 0.100. The van der Waals surface area contributed by atoms with Crippen LogP contribution < -0.4 is 20.7 Å². The summed E-state index contributed by atoms with van der Waals surface area (Å²) < 4.78 is 124. The second-order valence-corrected chi connectivity index (χ2v) is 15.8. The number of alkyl halides is 9. The van der Waals surface area contributed by atoms with Crippen molar-refractivity contribution in [3.8, 4) is 5.75 Å². The Morgan fingerprint density at radius 2 is 1.10 bits per heavy atom. The summed E-state index contributed by atoms with van der Waals surface area (Å²) in [6.45, 7) is 0. The van der Waals surface area contributed by atoms with E-state index in [1.165, 1.54) is 6.08 Å². The number of imide groups is 1. The van der Waals surface area contributed by atoms with E-state index >= 15 is 0 Å². The minimum atomic E-state index is -7.17. The summed E-state index contributed by atoms with van der Waals surface area (Å²) >= 11 is 0. The first-order valence-corrected chi connectivity index (χ1v) is 17.1. The number of allylic oxidation sites excluding steroid dienone is 3. The molecule has 1 aliphatic carbocycles. The molecule has 0 radical (unpaired) electrons. The van der Waals surface area contributed by atoms with Gasteiger partial charge < -0.3 is 0 Å². The molecular weight excluding hydrogens is 696 g/mol. The Bertz CT molecular complexity index is 1890. The van der Waals surface area contributed by atoms with E-state index in [1.807, 2.05) is 91.0 Å². The van der Waals surface area contributed by atoms with Crippen molar-refractivity contribution in [1.29, 1.82) is 0 Å². The van der Waals surface area contributed by atoms with Crippen molar-refractivity contribution in [2.75, 3.05) is 0 Å². The van der Waals surface area contributed by atoms with Crippen LogP contribution in [0.5, 0.6) is 5.75 Å². The molecular formula is C36H25F9NO3P. The van der Waals surface area contributed by atoms with Gasteiger partial charge in [-0.3, -0.25) is 0 Å². The number of fused-ring (bicyclic) bond motifs is 1. The van der Waals surface area contributed by atoms with Crippen molar-refractivity contribution in [2.24, 2.45) is 0 Å². The number of rotatable bonds is 9. The van der Waals surface area contributed by atoms with Crippen molar-refractivity contribution < 1.29 is 53.8 Å². The number of hydrogen-bond acceptors (Lipinski definition) is 3. The molecule has 0 saturated carbocycles. The first kappa shape index (κ1) is 34.9. The molecule has 0 aromatic heterocycles. The zero-order chi connectivity index (χ0) is 36.1. The Morgan fingerprint density at radius 1 is 0.620 bits per heavy atom. The van der Waals surface area contributed by atoms with Gasteiger partial charge in [0.25, 0.3) is 0 Å². The number of carbonyl (C=O) groups is 2. The van der Waals surface area contributed by atoms with Crippen molar-refractivity contribution in [1.82, 2.24) is 4.90 Å². The van der Waals surface area contributed by atoms with Crippen molar-refractivity contribution in [3.05, 3.63) is 144 Å². The van der Waals surface area contributed by atoms with E-state index in [0.29, 0.717) is 18.6 Å². The fourth-order valence-corrected chi connectivity index (χ4v) is 11.8. The van der Waals surface area contributed by atoms with Crippen molar-refractivity contribution in [2.45, 2.75) is 36.2 Å². The molecule has 0 N–H and O–H groups in total. The third-order valence-corrected chi connectivity index (χ3v) is 14.0. The summed E-state index contributed by atoms with van der Waals surface area (Å²) in [7, 11) is -3.01. The van der Waals surface area contributed by atoms with Gasteiger partial charge >= 0.3 is 258 Å². The van der Waals surface area contributed by atoms with Gasteiger partial charge in [0.2, 0.25) is 0 Å². The predicted molar refractivity (Wildman–Crippen MR) is 171 cm³/mol. The molecule has 4 aromatic carbocycles. The van der Waals surface area contributed by atoms with Crippen LogP contribution in [0, 0.1) is 0 Å². The Hall–Kier alpha value is -4.90. The van der Waals surface area contributed by atoms with Gasteiger partial charge in [0, 0.05) is 0 Å². The van der Waals surface area contributed by atoms with E-state index in [2.05, 4.69) is 4.74 Å². The monoisotopic (exact) mass is 721 g/mol. The molecule has 4 nitrogen and oxygen atoms in total. The van der Waals surface area contributed by atoms with Crippen LogP contribution in [-0.4, -0.2) is 46.5 Å². The molecule has 50 heavy (non-hydrogen) atoms. The summed E-state index contributed by atoms with van der Waals surface area (Å²) in [5.74, 6) is -17.5. The first-order valence-electron chi connectivity index (χ1n) is 15.0. The first-order chi connectivity index (χ1) is 23.5. The zero-order valence-corrected chi connectivity index (χ0v) is 26.5. The second kappa shape index (κ2) is 12.5. The van der Waals surface area contributed by atoms with Gasteiger partial charge in [-0.15, -0.1) is 0 Å². The molecule has 6 rings (SSSR count). The summed E-state index contributed by atoms with van der Waals surface area (Å²) in [5.41, 5.74) is -1.12. The molecule has 0 saturated heterocycles. The van der Waals surface area contributed by atoms with Gasteiger partial charge in [0.05, 0.1) is 0 Å². The van der Waals surface area contributed by atoms with Crippen LogP contribution in [0.1, 0.15) is 27.1 Å². The van der Waals surface area contributed by atoms with Gasteiger partial charge in [-0.2, -0.15) is 22.0 Å². The maximum atomic E-state index is 14.3. The standard InChI is InChI=1S/C36H25F9NO3P/c37-33(38,35(41,42)43)34(39,40)36(44,45)49-24-19-20-29-30(22-24)32(48)46(31(29)47)23-11-10-18-28(21-23)50(25-12-4-1-5-13-25,26-14-6-2-7-15-26)27-16-8-3-9-17-27/h1-17,19-22,28,50H,18H2. The van der Waals surface area contributed by atoms with Crippen LogP contribution in [0.15, 0.2) is 133 Å². The molecule has 4 aromatic rings. The number of amides is 2. The fourth-order valence-electron chi connectivity index (χ4n) is 6.45. The summed E-state index contributed by atoms with van der Waals surface area (Å²) in [6.07, 6.45) is -7.81. The number of halogens is 9. The molecule has 1 atom stereocenters. The topological polar surface area (TPSA) is 46.6 Å². The molecule has 0 fully saturated rings. The Kier molecular flexibility index (Phi) is 8.70. The third-order valence-electron chi connectivity index (χ3n) is 8.77. The van der Waals surface area contributed by atoms with Crippen LogP contribution in [0.4, 0.5) is 39.5 Å². The molecule has 1 unspecified atom stereocenters. The SMILES string of the molecule is O=C1c2ccc(OC(F)(F)C(F)(F)C(F)(F)C(F)(F)F)cc2C(=O)N1C1=CC([PH](c2ccccc2)(c2ccccc2)c2ccccc2)CC=C1. The van der Waals surface area contributed by atoms with E-state index < -0.39 is 54.5 Å². The van der Waals surface area contributed by atoms with E-state index in [9.17, 15) is 49.1 Å². The van der Waals surface area contributed by atoms with Crippen LogP contribution >= 0.6 is 7.26 Å². The van der Waals surface area contributed by atoms with Gasteiger partial charge in [0.1, 0.15) is 0 Å². The zero-order valence-electron chi connectivity index (χ0n) is 25.5. The number of nitrogens with zero attached hydrogens (tertiary/aromatic N) is 1. The molecule has 14 heteroatoms. The molecule has 260 valence electrons. The van der Waals surface area contributed by atoms with Crippen molar-refractivity contribution >= 4 is 35.0 Å². The summed E-state index contributed by atoms with van der Waals surface area (Å²) in [5, 5.41) is 3.10. The Balaban J connectivity index is 1.39.